The van der Waals surface area contributed by atoms with E-state index in [0.29, 0.717) is 6.54 Å². The van der Waals surface area contributed by atoms with Crippen LogP contribution in [0.5, 0.6) is 0 Å². The smallest absolute Gasteiger partial charge is 0.0285 e. The number of hydrogen-bond donors (Lipinski definition) is 1. The van der Waals surface area contributed by atoms with E-state index in [2.05, 4.69) is 34.7 Å². The molecule has 0 atom stereocenters. The minimum Gasteiger partial charge on any atom is -0.330 e. The molecule has 0 fully saturated rings. The SMILES string of the molecule is Cc1c(Br)cccc1C#CCCN. The molecule has 13 heavy (non-hydrogen) atoms. The lowest BCUT2D eigenvalue weighted by atomic mass is 10.1. The third-order valence-corrected chi connectivity index (χ3v) is 2.62. The molecule has 0 radical (unpaired) electrons. The maximum atomic E-state index is 5.35. The van der Waals surface area contributed by atoms with Crippen LogP contribution in [-0.2, 0) is 0 Å². The first-order valence-electron chi connectivity index (χ1n) is 4.19. The van der Waals surface area contributed by atoms with Gasteiger partial charge in [0.15, 0.2) is 0 Å². The number of hydrogen-bond acceptors (Lipinski definition) is 1. The Labute approximate surface area is 87.5 Å². The van der Waals surface area contributed by atoms with Gasteiger partial charge in [0.05, 0.1) is 0 Å². The molecule has 0 aliphatic carbocycles. The molecule has 1 rings (SSSR count). The summed E-state index contributed by atoms with van der Waals surface area (Å²) in [4.78, 5) is 0. The second-order valence-electron chi connectivity index (χ2n) is 2.75. The summed E-state index contributed by atoms with van der Waals surface area (Å²) in [7, 11) is 0. The maximum absolute atomic E-state index is 5.35. The Morgan fingerprint density at radius 1 is 1.46 bits per heavy atom. The van der Waals surface area contributed by atoms with Gasteiger partial charge in [-0.05, 0) is 24.6 Å². The summed E-state index contributed by atoms with van der Waals surface area (Å²) in [5.41, 5.74) is 7.61. The summed E-state index contributed by atoms with van der Waals surface area (Å²) in [6.45, 7) is 2.68. The van der Waals surface area contributed by atoms with E-state index in [4.69, 9.17) is 5.73 Å². The molecular weight excluding hydrogens is 226 g/mol. The summed E-state index contributed by atoms with van der Waals surface area (Å²) in [5, 5.41) is 0. The van der Waals surface area contributed by atoms with Crippen molar-refractivity contribution >= 4 is 15.9 Å². The molecule has 2 heteroatoms. The van der Waals surface area contributed by atoms with E-state index in [1.165, 1.54) is 5.56 Å². The van der Waals surface area contributed by atoms with Crippen LogP contribution in [0.3, 0.4) is 0 Å². The fourth-order valence-corrected chi connectivity index (χ4v) is 1.34. The van der Waals surface area contributed by atoms with Crippen LogP contribution in [0.2, 0.25) is 0 Å². The van der Waals surface area contributed by atoms with Crippen molar-refractivity contribution in [2.24, 2.45) is 5.73 Å². The molecule has 0 spiro atoms. The highest BCUT2D eigenvalue weighted by molar-refractivity contribution is 9.10. The van der Waals surface area contributed by atoms with Crippen LogP contribution in [0.15, 0.2) is 22.7 Å². The number of halogens is 1. The summed E-state index contributed by atoms with van der Waals surface area (Å²) in [6, 6.07) is 6.02. The van der Waals surface area contributed by atoms with E-state index >= 15 is 0 Å². The zero-order valence-electron chi connectivity index (χ0n) is 7.60. The average Bonchev–Trinajstić information content (AvgIpc) is 2.13. The fraction of sp³-hybridized carbons (Fsp3) is 0.273. The van der Waals surface area contributed by atoms with Gasteiger partial charge in [-0.1, -0.05) is 33.8 Å². The molecule has 0 bridgehead atoms. The molecule has 1 aromatic rings. The first-order chi connectivity index (χ1) is 6.25. The molecule has 2 N–H and O–H groups in total. The highest BCUT2D eigenvalue weighted by Gasteiger charge is 1.96. The third kappa shape index (κ3) is 2.87. The van der Waals surface area contributed by atoms with Gasteiger partial charge in [-0.2, -0.15) is 0 Å². The topological polar surface area (TPSA) is 26.0 Å². The first kappa shape index (κ1) is 10.3. The number of rotatable bonds is 1. The van der Waals surface area contributed by atoms with Crippen LogP contribution >= 0.6 is 15.9 Å². The molecule has 0 unspecified atom stereocenters. The minimum atomic E-state index is 0.625. The lowest BCUT2D eigenvalue weighted by molar-refractivity contribution is 1.03. The molecule has 0 saturated heterocycles. The van der Waals surface area contributed by atoms with Crippen LogP contribution in [0.4, 0.5) is 0 Å². The predicted octanol–water partition coefficient (Wildman–Crippen LogP) is 2.46. The van der Waals surface area contributed by atoms with E-state index in [0.717, 1.165) is 16.5 Å². The molecule has 1 nitrogen and oxygen atoms in total. The Hall–Kier alpha value is -0.780. The van der Waals surface area contributed by atoms with Gasteiger partial charge in [-0.3, -0.25) is 0 Å². The number of benzene rings is 1. The van der Waals surface area contributed by atoms with Crippen molar-refractivity contribution in [1.82, 2.24) is 0 Å². The van der Waals surface area contributed by atoms with E-state index in [1.54, 1.807) is 0 Å². The molecular formula is C11H12BrN. The lowest BCUT2D eigenvalue weighted by Crippen LogP contribution is -1.95. The van der Waals surface area contributed by atoms with Crippen molar-refractivity contribution in [3.63, 3.8) is 0 Å². The van der Waals surface area contributed by atoms with Gasteiger partial charge in [0, 0.05) is 23.0 Å². The molecule has 0 saturated carbocycles. The quantitative estimate of drug-likeness (QED) is 0.747. The maximum Gasteiger partial charge on any atom is 0.0285 e. The van der Waals surface area contributed by atoms with E-state index in [-0.39, 0.29) is 0 Å². The predicted molar refractivity (Wildman–Crippen MR) is 59.4 cm³/mol. The van der Waals surface area contributed by atoms with Crippen molar-refractivity contribution in [1.29, 1.82) is 0 Å². The molecule has 0 amide bonds. The van der Waals surface area contributed by atoms with Crippen molar-refractivity contribution in [2.45, 2.75) is 13.3 Å². The summed E-state index contributed by atoms with van der Waals surface area (Å²) >= 11 is 3.46. The average molecular weight is 238 g/mol. The summed E-state index contributed by atoms with van der Waals surface area (Å²) < 4.78 is 1.10. The van der Waals surface area contributed by atoms with Crippen molar-refractivity contribution in [3.05, 3.63) is 33.8 Å². The van der Waals surface area contributed by atoms with Gasteiger partial charge in [-0.15, -0.1) is 0 Å². The van der Waals surface area contributed by atoms with Gasteiger partial charge in [0.1, 0.15) is 0 Å². The van der Waals surface area contributed by atoms with Crippen LogP contribution < -0.4 is 5.73 Å². The standard InChI is InChI=1S/C11H12BrN/c1-9-10(5-2-3-8-13)6-4-7-11(9)12/h4,6-7H,3,8,13H2,1H3. The van der Waals surface area contributed by atoms with E-state index in [9.17, 15) is 0 Å². The Morgan fingerprint density at radius 3 is 2.92 bits per heavy atom. The zero-order valence-corrected chi connectivity index (χ0v) is 9.19. The Morgan fingerprint density at radius 2 is 2.23 bits per heavy atom. The summed E-state index contributed by atoms with van der Waals surface area (Å²) in [6.07, 6.45) is 0.756. The minimum absolute atomic E-state index is 0.625. The summed E-state index contributed by atoms with van der Waals surface area (Å²) in [5.74, 6) is 6.12. The van der Waals surface area contributed by atoms with E-state index in [1.807, 2.05) is 18.2 Å². The van der Waals surface area contributed by atoms with Crippen LogP contribution in [0, 0.1) is 18.8 Å². The largest absolute Gasteiger partial charge is 0.330 e. The van der Waals surface area contributed by atoms with Gasteiger partial charge in [0.25, 0.3) is 0 Å². The Kier molecular flexibility index (Phi) is 4.01. The Bertz CT molecular complexity index is 347. The second kappa shape index (κ2) is 5.06. The van der Waals surface area contributed by atoms with Crippen LogP contribution in [-0.4, -0.2) is 6.54 Å². The molecule has 0 heterocycles. The highest BCUT2D eigenvalue weighted by Crippen LogP contribution is 2.18. The first-order valence-corrected chi connectivity index (χ1v) is 4.99. The molecule has 0 aliphatic heterocycles. The fourth-order valence-electron chi connectivity index (χ4n) is 0.973. The monoisotopic (exact) mass is 237 g/mol. The second-order valence-corrected chi connectivity index (χ2v) is 3.61. The molecule has 0 aromatic heterocycles. The van der Waals surface area contributed by atoms with Crippen molar-refractivity contribution in [2.75, 3.05) is 6.54 Å². The normalized spacial score (nSPS) is 9.15. The highest BCUT2D eigenvalue weighted by atomic mass is 79.9. The van der Waals surface area contributed by atoms with Gasteiger partial charge in [-0.25, -0.2) is 0 Å². The van der Waals surface area contributed by atoms with Gasteiger partial charge < -0.3 is 5.73 Å². The van der Waals surface area contributed by atoms with Gasteiger partial charge >= 0.3 is 0 Å². The van der Waals surface area contributed by atoms with Crippen LogP contribution in [0.1, 0.15) is 17.5 Å². The third-order valence-electron chi connectivity index (χ3n) is 1.76. The van der Waals surface area contributed by atoms with Crippen molar-refractivity contribution < 1.29 is 0 Å². The molecule has 0 aliphatic rings. The Balaban J connectivity index is 2.91. The van der Waals surface area contributed by atoms with E-state index < -0.39 is 0 Å². The molecule has 68 valence electrons. The zero-order chi connectivity index (χ0) is 9.68. The van der Waals surface area contributed by atoms with Crippen molar-refractivity contribution in [3.8, 4) is 11.8 Å². The molecule has 1 aromatic carbocycles. The van der Waals surface area contributed by atoms with Crippen LogP contribution in [0.25, 0.3) is 0 Å². The number of nitrogens with two attached hydrogens (primary N) is 1. The van der Waals surface area contributed by atoms with Gasteiger partial charge in [0.2, 0.25) is 0 Å². The lowest BCUT2D eigenvalue weighted by Gasteiger charge is -1.99.